The van der Waals surface area contributed by atoms with Crippen LogP contribution in [0.1, 0.15) is 28.8 Å². The fourth-order valence-corrected chi connectivity index (χ4v) is 3.08. The molecule has 0 saturated carbocycles. The molecule has 0 spiro atoms. The third-order valence-corrected chi connectivity index (χ3v) is 4.51. The molecular weight excluding hydrogens is 343 g/mol. The van der Waals surface area contributed by atoms with Gasteiger partial charge < -0.3 is 10.2 Å². The summed E-state index contributed by atoms with van der Waals surface area (Å²) in [4.78, 5) is 26.2. The van der Waals surface area contributed by atoms with Crippen LogP contribution >= 0.6 is 11.6 Å². The van der Waals surface area contributed by atoms with E-state index in [4.69, 9.17) is 11.6 Å². The van der Waals surface area contributed by atoms with Crippen LogP contribution in [0.3, 0.4) is 0 Å². The number of nitrogens with zero attached hydrogens (tertiary/aromatic N) is 1. The van der Waals surface area contributed by atoms with Gasteiger partial charge in [-0.15, -0.1) is 0 Å². The van der Waals surface area contributed by atoms with Crippen LogP contribution in [-0.2, 0) is 11.2 Å². The summed E-state index contributed by atoms with van der Waals surface area (Å²) in [6, 6.07) is 10.7. The second kappa shape index (κ2) is 7.66. The maximum Gasteiger partial charge on any atom is 0.257 e. The number of likely N-dealkylation sites (tertiary alicyclic amines) is 1. The van der Waals surface area contributed by atoms with Crippen molar-refractivity contribution >= 4 is 29.1 Å². The molecule has 0 aromatic heterocycles. The van der Waals surface area contributed by atoms with E-state index in [0.717, 1.165) is 37.6 Å². The van der Waals surface area contributed by atoms with Crippen LogP contribution in [0.5, 0.6) is 0 Å². The first-order valence-electron chi connectivity index (χ1n) is 8.16. The Balaban J connectivity index is 1.62. The summed E-state index contributed by atoms with van der Waals surface area (Å²) in [6.07, 6.45) is 2.50. The first kappa shape index (κ1) is 17.4. The minimum Gasteiger partial charge on any atom is -0.342 e. The summed E-state index contributed by atoms with van der Waals surface area (Å²) >= 11 is 5.89. The summed E-state index contributed by atoms with van der Waals surface area (Å²) in [6.45, 7) is 1.68. The average molecular weight is 361 g/mol. The SMILES string of the molecule is O=C(Nc1ccc(CC(=O)N2CCCC2)cc1)c1ccc(F)cc1Cl. The highest BCUT2D eigenvalue weighted by Crippen LogP contribution is 2.19. The van der Waals surface area contributed by atoms with Gasteiger partial charge in [-0.2, -0.15) is 0 Å². The van der Waals surface area contributed by atoms with Crippen LogP contribution < -0.4 is 5.32 Å². The molecule has 1 saturated heterocycles. The fourth-order valence-electron chi connectivity index (χ4n) is 2.83. The van der Waals surface area contributed by atoms with E-state index in [1.165, 1.54) is 12.1 Å². The predicted octanol–water partition coefficient (Wildman–Crippen LogP) is 3.90. The lowest BCUT2D eigenvalue weighted by molar-refractivity contribution is -0.129. The maximum atomic E-state index is 13.1. The topological polar surface area (TPSA) is 49.4 Å². The van der Waals surface area contributed by atoms with Gasteiger partial charge in [0.2, 0.25) is 5.91 Å². The highest BCUT2D eigenvalue weighted by molar-refractivity contribution is 6.34. The lowest BCUT2D eigenvalue weighted by Gasteiger charge is -2.15. The van der Waals surface area contributed by atoms with Crippen LogP contribution in [0.15, 0.2) is 42.5 Å². The molecule has 0 aliphatic carbocycles. The van der Waals surface area contributed by atoms with Gasteiger partial charge >= 0.3 is 0 Å². The van der Waals surface area contributed by atoms with Gasteiger partial charge in [-0.25, -0.2) is 4.39 Å². The number of anilines is 1. The molecule has 2 aromatic rings. The fraction of sp³-hybridized carbons (Fsp3) is 0.263. The van der Waals surface area contributed by atoms with E-state index < -0.39 is 11.7 Å². The smallest absolute Gasteiger partial charge is 0.257 e. The number of halogens is 2. The molecule has 2 amide bonds. The number of carbonyl (C=O) groups excluding carboxylic acids is 2. The maximum absolute atomic E-state index is 13.1. The van der Waals surface area contributed by atoms with Crippen molar-refractivity contribution in [1.29, 1.82) is 0 Å². The number of carbonyl (C=O) groups is 2. The Labute approximate surface area is 150 Å². The molecule has 0 atom stereocenters. The molecule has 1 aliphatic rings. The molecule has 0 bridgehead atoms. The molecule has 0 radical (unpaired) electrons. The number of hydrogen-bond acceptors (Lipinski definition) is 2. The van der Waals surface area contributed by atoms with Crippen molar-refractivity contribution in [2.24, 2.45) is 0 Å². The molecule has 3 rings (SSSR count). The van der Waals surface area contributed by atoms with Gasteiger partial charge in [-0.3, -0.25) is 9.59 Å². The minimum absolute atomic E-state index is 0.0605. The van der Waals surface area contributed by atoms with E-state index in [1.807, 2.05) is 17.0 Å². The first-order valence-corrected chi connectivity index (χ1v) is 8.54. The Hall–Kier alpha value is -2.40. The van der Waals surface area contributed by atoms with Gasteiger partial charge in [0.05, 0.1) is 17.0 Å². The second-order valence-corrected chi connectivity index (χ2v) is 6.45. The Morgan fingerprint density at radius 1 is 1.08 bits per heavy atom. The first-order chi connectivity index (χ1) is 12.0. The molecular formula is C19H18ClFN2O2. The van der Waals surface area contributed by atoms with E-state index in [-0.39, 0.29) is 16.5 Å². The monoisotopic (exact) mass is 360 g/mol. The molecule has 1 N–H and O–H groups in total. The number of nitrogens with one attached hydrogen (secondary N) is 1. The predicted molar refractivity (Wildman–Crippen MR) is 95.3 cm³/mol. The molecule has 1 fully saturated rings. The van der Waals surface area contributed by atoms with Gasteiger partial charge in [0.15, 0.2) is 0 Å². The van der Waals surface area contributed by atoms with Crippen molar-refractivity contribution in [3.8, 4) is 0 Å². The summed E-state index contributed by atoms with van der Waals surface area (Å²) < 4.78 is 13.1. The highest BCUT2D eigenvalue weighted by atomic mass is 35.5. The van der Waals surface area contributed by atoms with Crippen molar-refractivity contribution in [2.75, 3.05) is 18.4 Å². The third kappa shape index (κ3) is 4.37. The van der Waals surface area contributed by atoms with E-state index in [2.05, 4.69) is 5.32 Å². The van der Waals surface area contributed by atoms with E-state index in [9.17, 15) is 14.0 Å². The zero-order valence-corrected chi connectivity index (χ0v) is 14.4. The molecule has 4 nitrogen and oxygen atoms in total. The van der Waals surface area contributed by atoms with Gasteiger partial charge in [-0.05, 0) is 48.7 Å². The molecule has 25 heavy (non-hydrogen) atoms. The Morgan fingerprint density at radius 3 is 2.40 bits per heavy atom. The van der Waals surface area contributed by atoms with Gasteiger partial charge in [0, 0.05) is 18.8 Å². The van der Waals surface area contributed by atoms with Gasteiger partial charge in [0.25, 0.3) is 5.91 Å². The highest BCUT2D eigenvalue weighted by Gasteiger charge is 2.18. The largest absolute Gasteiger partial charge is 0.342 e. The molecule has 6 heteroatoms. The van der Waals surface area contributed by atoms with Gasteiger partial charge in [-0.1, -0.05) is 23.7 Å². The number of rotatable bonds is 4. The van der Waals surface area contributed by atoms with Crippen molar-refractivity contribution in [3.63, 3.8) is 0 Å². The lowest BCUT2D eigenvalue weighted by Crippen LogP contribution is -2.29. The van der Waals surface area contributed by atoms with Crippen molar-refractivity contribution in [2.45, 2.75) is 19.3 Å². The molecule has 130 valence electrons. The summed E-state index contributed by atoms with van der Waals surface area (Å²) in [7, 11) is 0. The standard InChI is InChI=1S/C19H18ClFN2O2/c20-17-12-14(21)5-8-16(17)19(25)22-15-6-3-13(4-7-15)11-18(24)23-9-1-2-10-23/h3-8,12H,1-2,9-11H2,(H,22,25). The lowest BCUT2D eigenvalue weighted by atomic mass is 10.1. The molecule has 1 aliphatic heterocycles. The summed E-state index contributed by atoms with van der Waals surface area (Å²) in [5.41, 5.74) is 1.69. The van der Waals surface area contributed by atoms with Crippen molar-refractivity contribution in [3.05, 3.63) is 64.4 Å². The normalized spacial score (nSPS) is 13.8. The summed E-state index contributed by atoms with van der Waals surface area (Å²) in [5.74, 6) is -0.771. The third-order valence-electron chi connectivity index (χ3n) is 4.20. The quantitative estimate of drug-likeness (QED) is 0.899. The van der Waals surface area contributed by atoms with Crippen LogP contribution in [-0.4, -0.2) is 29.8 Å². The minimum atomic E-state index is -0.492. The van der Waals surface area contributed by atoms with Crippen molar-refractivity contribution < 1.29 is 14.0 Å². The summed E-state index contributed by atoms with van der Waals surface area (Å²) in [5, 5.41) is 2.77. The van der Waals surface area contributed by atoms with E-state index >= 15 is 0 Å². The Morgan fingerprint density at radius 2 is 1.76 bits per heavy atom. The number of amides is 2. The molecule has 0 unspecified atom stereocenters. The van der Waals surface area contributed by atoms with Crippen LogP contribution in [0.2, 0.25) is 5.02 Å². The van der Waals surface area contributed by atoms with Crippen LogP contribution in [0, 0.1) is 5.82 Å². The van der Waals surface area contributed by atoms with Crippen LogP contribution in [0.25, 0.3) is 0 Å². The molecule has 1 heterocycles. The van der Waals surface area contributed by atoms with Gasteiger partial charge in [0.1, 0.15) is 5.82 Å². The number of benzene rings is 2. The Kier molecular flexibility index (Phi) is 5.34. The number of hydrogen-bond donors (Lipinski definition) is 1. The van der Waals surface area contributed by atoms with Crippen LogP contribution in [0.4, 0.5) is 10.1 Å². The van der Waals surface area contributed by atoms with E-state index in [0.29, 0.717) is 12.1 Å². The van der Waals surface area contributed by atoms with Crippen molar-refractivity contribution in [1.82, 2.24) is 4.90 Å². The zero-order valence-electron chi connectivity index (χ0n) is 13.6. The molecule has 2 aromatic carbocycles. The Bertz CT molecular complexity index is 787. The zero-order chi connectivity index (χ0) is 17.8. The van der Waals surface area contributed by atoms with E-state index in [1.54, 1.807) is 12.1 Å². The second-order valence-electron chi connectivity index (χ2n) is 6.04. The average Bonchev–Trinajstić information content (AvgIpc) is 3.11.